The Hall–Kier alpha value is -3.07. The van der Waals surface area contributed by atoms with Crippen molar-refractivity contribution in [3.8, 4) is 5.75 Å². The first-order valence-corrected chi connectivity index (χ1v) is 9.36. The molecule has 3 heteroatoms. The maximum atomic E-state index is 6.23. The van der Waals surface area contributed by atoms with Gasteiger partial charge in [0.25, 0.3) is 0 Å². The Morgan fingerprint density at radius 1 is 0.815 bits per heavy atom. The van der Waals surface area contributed by atoms with Gasteiger partial charge in [0.2, 0.25) is 5.75 Å². The van der Waals surface area contributed by atoms with Crippen LogP contribution in [0.2, 0.25) is 0 Å². The molecule has 136 valence electrons. The summed E-state index contributed by atoms with van der Waals surface area (Å²) in [6.45, 7) is 7.85. The van der Waals surface area contributed by atoms with Gasteiger partial charge >= 0.3 is 5.65 Å². The Morgan fingerprint density at radius 2 is 1.56 bits per heavy atom. The van der Waals surface area contributed by atoms with Gasteiger partial charge < -0.3 is 4.74 Å². The van der Waals surface area contributed by atoms with E-state index in [2.05, 4.69) is 84.5 Å². The van der Waals surface area contributed by atoms with Crippen LogP contribution in [-0.4, -0.2) is 4.57 Å². The summed E-state index contributed by atoms with van der Waals surface area (Å²) in [6, 6.07) is 23.2. The van der Waals surface area contributed by atoms with Gasteiger partial charge in [-0.25, -0.2) is 4.57 Å². The van der Waals surface area contributed by atoms with Gasteiger partial charge in [-0.2, -0.15) is 4.40 Å². The summed E-state index contributed by atoms with van der Waals surface area (Å²) in [5.41, 5.74) is 7.34. The number of nitrogens with zero attached hydrogens (tertiary/aromatic N) is 2. The zero-order valence-electron chi connectivity index (χ0n) is 16.1. The number of ether oxygens (including phenoxy) is 1. The molecule has 0 unspecified atom stereocenters. The molecule has 0 aliphatic rings. The van der Waals surface area contributed by atoms with Gasteiger partial charge in [0.05, 0.1) is 6.20 Å². The van der Waals surface area contributed by atoms with Crippen molar-refractivity contribution in [1.82, 2.24) is 4.57 Å². The summed E-state index contributed by atoms with van der Waals surface area (Å²) >= 11 is 0. The van der Waals surface area contributed by atoms with Gasteiger partial charge in [0.1, 0.15) is 24.5 Å². The molecule has 2 heterocycles. The lowest BCUT2D eigenvalue weighted by molar-refractivity contribution is -0.519. The summed E-state index contributed by atoms with van der Waals surface area (Å²) in [6.07, 6.45) is 2.11. The van der Waals surface area contributed by atoms with Crippen molar-refractivity contribution in [2.75, 3.05) is 0 Å². The van der Waals surface area contributed by atoms with E-state index in [4.69, 9.17) is 4.74 Å². The standard InChI is InChI=1S/C24H25N2O/c1-18-11-13-21(14-12-18)16-26-20(3)19(2)25-15-7-10-23(24(25)26)27-17-22-8-5-4-6-9-22/h4-15H,16-17H2,1-3H3/q+1. The lowest BCUT2D eigenvalue weighted by Gasteiger charge is -2.07. The summed E-state index contributed by atoms with van der Waals surface area (Å²) in [5, 5.41) is 0. The number of aromatic nitrogens is 2. The molecular weight excluding hydrogens is 332 g/mol. The Balaban J connectivity index is 1.73. The average molecular weight is 357 g/mol. The van der Waals surface area contributed by atoms with Crippen LogP contribution in [0.25, 0.3) is 5.65 Å². The van der Waals surface area contributed by atoms with E-state index >= 15 is 0 Å². The molecule has 0 spiro atoms. The molecule has 4 aromatic rings. The predicted octanol–water partition coefficient (Wildman–Crippen LogP) is 4.78. The van der Waals surface area contributed by atoms with Gasteiger partial charge in [-0.15, -0.1) is 0 Å². The van der Waals surface area contributed by atoms with Crippen LogP contribution in [0.5, 0.6) is 5.75 Å². The molecule has 0 saturated carbocycles. The van der Waals surface area contributed by atoms with E-state index in [1.807, 2.05) is 18.2 Å². The molecule has 4 rings (SSSR count). The minimum absolute atomic E-state index is 0.564. The zero-order chi connectivity index (χ0) is 18.8. The van der Waals surface area contributed by atoms with E-state index in [-0.39, 0.29) is 0 Å². The maximum Gasteiger partial charge on any atom is 0.329 e. The molecule has 0 bridgehead atoms. The molecular formula is C24H25N2O+. The van der Waals surface area contributed by atoms with Crippen LogP contribution < -0.4 is 9.14 Å². The number of imidazole rings is 1. The SMILES string of the molecule is Cc1ccc(Cn2c(C)c(C)[n+]3cccc(OCc4ccccc4)c23)cc1. The highest BCUT2D eigenvalue weighted by Crippen LogP contribution is 2.23. The molecule has 0 aliphatic heterocycles. The van der Waals surface area contributed by atoms with Crippen LogP contribution in [-0.2, 0) is 13.2 Å². The predicted molar refractivity (Wildman–Crippen MR) is 108 cm³/mol. The topological polar surface area (TPSA) is 18.3 Å². The summed E-state index contributed by atoms with van der Waals surface area (Å²) in [4.78, 5) is 0. The Morgan fingerprint density at radius 3 is 2.30 bits per heavy atom. The van der Waals surface area contributed by atoms with E-state index in [1.165, 1.54) is 28.1 Å². The fraction of sp³-hybridized carbons (Fsp3) is 0.208. The second kappa shape index (κ2) is 7.28. The molecule has 0 atom stereocenters. The first-order chi connectivity index (χ1) is 13.1. The third-order valence-electron chi connectivity index (χ3n) is 5.18. The van der Waals surface area contributed by atoms with Crippen molar-refractivity contribution in [2.24, 2.45) is 0 Å². The second-order valence-electron chi connectivity index (χ2n) is 7.08. The lowest BCUT2D eigenvalue weighted by atomic mass is 10.1. The van der Waals surface area contributed by atoms with Gasteiger partial charge in [-0.05, 0) is 30.2 Å². The van der Waals surface area contributed by atoms with Crippen LogP contribution in [0.15, 0.2) is 72.9 Å². The quantitative estimate of drug-likeness (QED) is 0.470. The van der Waals surface area contributed by atoms with Gasteiger partial charge in [0.15, 0.2) is 0 Å². The molecule has 0 aliphatic carbocycles. The minimum atomic E-state index is 0.564. The van der Waals surface area contributed by atoms with Crippen LogP contribution in [0.1, 0.15) is 28.1 Å². The number of pyridine rings is 1. The monoisotopic (exact) mass is 357 g/mol. The molecule has 27 heavy (non-hydrogen) atoms. The summed E-state index contributed by atoms with van der Waals surface area (Å²) in [5.74, 6) is 0.907. The van der Waals surface area contributed by atoms with E-state index in [1.54, 1.807) is 0 Å². The normalized spacial score (nSPS) is 11.1. The van der Waals surface area contributed by atoms with Crippen LogP contribution >= 0.6 is 0 Å². The molecule has 3 nitrogen and oxygen atoms in total. The molecule has 2 aromatic heterocycles. The van der Waals surface area contributed by atoms with Crippen molar-refractivity contribution >= 4 is 5.65 Å². The van der Waals surface area contributed by atoms with Crippen LogP contribution in [0.4, 0.5) is 0 Å². The number of hydrogen-bond acceptors (Lipinski definition) is 1. The van der Waals surface area contributed by atoms with Gasteiger partial charge in [-0.3, -0.25) is 0 Å². The fourth-order valence-corrected chi connectivity index (χ4v) is 3.46. The van der Waals surface area contributed by atoms with Crippen LogP contribution in [0, 0.1) is 20.8 Å². The van der Waals surface area contributed by atoms with E-state index in [0.29, 0.717) is 6.61 Å². The summed E-state index contributed by atoms with van der Waals surface area (Å²) in [7, 11) is 0. The largest absolute Gasteiger partial charge is 0.481 e. The highest BCUT2D eigenvalue weighted by atomic mass is 16.5. The highest BCUT2D eigenvalue weighted by molar-refractivity contribution is 5.51. The third kappa shape index (κ3) is 3.45. The smallest absolute Gasteiger partial charge is 0.329 e. The number of hydrogen-bond donors (Lipinski definition) is 0. The van der Waals surface area contributed by atoms with Gasteiger partial charge in [0, 0.05) is 13.8 Å². The number of fused-ring (bicyclic) bond motifs is 1. The number of benzene rings is 2. The number of rotatable bonds is 5. The van der Waals surface area contributed by atoms with E-state index in [9.17, 15) is 0 Å². The third-order valence-corrected chi connectivity index (χ3v) is 5.18. The Labute approximate surface area is 160 Å². The van der Waals surface area contributed by atoms with Crippen molar-refractivity contribution < 1.29 is 9.14 Å². The van der Waals surface area contributed by atoms with Crippen molar-refractivity contribution in [1.29, 1.82) is 0 Å². The first kappa shape index (κ1) is 17.3. The van der Waals surface area contributed by atoms with Crippen molar-refractivity contribution in [2.45, 2.75) is 33.9 Å². The van der Waals surface area contributed by atoms with E-state index < -0.39 is 0 Å². The van der Waals surface area contributed by atoms with Crippen LogP contribution in [0.3, 0.4) is 0 Å². The lowest BCUT2D eigenvalue weighted by Crippen LogP contribution is -2.23. The fourth-order valence-electron chi connectivity index (χ4n) is 3.46. The maximum absolute atomic E-state index is 6.23. The average Bonchev–Trinajstić information content (AvgIpc) is 2.94. The van der Waals surface area contributed by atoms with Crippen molar-refractivity contribution in [3.05, 3.63) is 101 Å². The molecule has 0 amide bonds. The summed E-state index contributed by atoms with van der Waals surface area (Å²) < 4.78 is 10.8. The van der Waals surface area contributed by atoms with Gasteiger partial charge in [-0.1, -0.05) is 60.2 Å². The Kier molecular flexibility index (Phi) is 4.68. The minimum Gasteiger partial charge on any atom is -0.481 e. The molecule has 0 saturated heterocycles. The number of aryl methyl sites for hydroxylation is 2. The van der Waals surface area contributed by atoms with Crippen molar-refractivity contribution in [3.63, 3.8) is 0 Å². The zero-order valence-corrected chi connectivity index (χ0v) is 16.1. The molecule has 0 N–H and O–H groups in total. The second-order valence-corrected chi connectivity index (χ2v) is 7.08. The highest BCUT2D eigenvalue weighted by Gasteiger charge is 2.23. The molecule has 0 radical (unpaired) electrons. The van der Waals surface area contributed by atoms with E-state index in [0.717, 1.165) is 17.9 Å². The molecule has 2 aromatic carbocycles. The first-order valence-electron chi connectivity index (χ1n) is 9.36. The Bertz CT molecular complexity index is 1060. The molecule has 0 fully saturated rings.